The van der Waals surface area contributed by atoms with E-state index >= 15 is 0 Å². The Labute approximate surface area is 112 Å². The predicted molar refractivity (Wildman–Crippen MR) is 72.7 cm³/mol. The highest BCUT2D eigenvalue weighted by atomic mass is 35.5. The summed E-state index contributed by atoms with van der Waals surface area (Å²) in [6, 6.07) is 5.84. The van der Waals surface area contributed by atoms with Crippen molar-refractivity contribution in [2.45, 2.75) is 13.0 Å². The van der Waals surface area contributed by atoms with Crippen molar-refractivity contribution >= 4 is 35.6 Å². The van der Waals surface area contributed by atoms with Crippen molar-refractivity contribution in [1.29, 1.82) is 0 Å². The summed E-state index contributed by atoms with van der Waals surface area (Å²) in [6.07, 6.45) is 5.58. The van der Waals surface area contributed by atoms with Gasteiger partial charge in [0, 0.05) is 19.6 Å². The number of hydrogen-bond acceptors (Lipinski definition) is 1. The van der Waals surface area contributed by atoms with Crippen LogP contribution in [0.4, 0.5) is 0 Å². The molecule has 1 heterocycles. The van der Waals surface area contributed by atoms with Crippen LogP contribution in [0.25, 0.3) is 0 Å². The maximum atomic E-state index is 5.97. The van der Waals surface area contributed by atoms with Crippen LogP contribution >= 0.6 is 35.6 Å². The molecule has 1 aliphatic rings. The maximum Gasteiger partial charge on any atom is 0.0595 e. The van der Waals surface area contributed by atoms with Gasteiger partial charge in [0.25, 0.3) is 0 Å². The highest BCUT2D eigenvalue weighted by Crippen LogP contribution is 2.23. The van der Waals surface area contributed by atoms with E-state index in [9.17, 15) is 0 Å². The quantitative estimate of drug-likeness (QED) is 0.734. The summed E-state index contributed by atoms with van der Waals surface area (Å²) in [5, 5.41) is 1.26. The first kappa shape index (κ1) is 13.9. The SMILES string of the molecule is Cl.Clc1ccc(CN2CC=CCC2)cc1Cl. The van der Waals surface area contributed by atoms with Crippen LogP contribution < -0.4 is 0 Å². The summed E-state index contributed by atoms with van der Waals surface area (Å²) < 4.78 is 0. The van der Waals surface area contributed by atoms with E-state index in [1.165, 1.54) is 5.56 Å². The fraction of sp³-hybridized carbons (Fsp3) is 0.333. The number of nitrogens with zero attached hydrogens (tertiary/aromatic N) is 1. The van der Waals surface area contributed by atoms with E-state index in [4.69, 9.17) is 23.2 Å². The normalized spacial score (nSPS) is 15.9. The van der Waals surface area contributed by atoms with Crippen LogP contribution in [-0.2, 0) is 6.54 Å². The Morgan fingerprint density at radius 1 is 1.12 bits per heavy atom. The highest BCUT2D eigenvalue weighted by Gasteiger charge is 2.07. The van der Waals surface area contributed by atoms with E-state index < -0.39 is 0 Å². The summed E-state index contributed by atoms with van der Waals surface area (Å²) >= 11 is 11.8. The first-order valence-electron chi connectivity index (χ1n) is 5.07. The molecule has 1 aromatic rings. The molecule has 0 aromatic heterocycles. The topological polar surface area (TPSA) is 3.24 Å². The van der Waals surface area contributed by atoms with Gasteiger partial charge in [0.05, 0.1) is 10.0 Å². The van der Waals surface area contributed by atoms with Crippen molar-refractivity contribution in [1.82, 2.24) is 4.90 Å². The van der Waals surface area contributed by atoms with E-state index in [2.05, 4.69) is 17.1 Å². The molecular weight excluding hydrogens is 264 g/mol. The average Bonchev–Trinajstić information content (AvgIpc) is 2.25. The van der Waals surface area contributed by atoms with Crippen molar-refractivity contribution in [2.24, 2.45) is 0 Å². The molecule has 1 aliphatic heterocycles. The van der Waals surface area contributed by atoms with Crippen molar-refractivity contribution in [3.63, 3.8) is 0 Å². The zero-order chi connectivity index (χ0) is 10.7. The third kappa shape index (κ3) is 3.67. The predicted octanol–water partition coefficient (Wildman–Crippen LogP) is 4.18. The Morgan fingerprint density at radius 2 is 1.94 bits per heavy atom. The minimum atomic E-state index is 0. The Kier molecular flexibility index (Phi) is 5.63. The molecule has 4 heteroatoms. The molecule has 0 unspecified atom stereocenters. The van der Waals surface area contributed by atoms with Gasteiger partial charge in [-0.3, -0.25) is 4.90 Å². The lowest BCUT2D eigenvalue weighted by Crippen LogP contribution is -2.26. The van der Waals surface area contributed by atoms with Crippen LogP contribution in [0.1, 0.15) is 12.0 Å². The standard InChI is InChI=1S/C12H13Cl2N.ClH/c13-11-5-4-10(8-12(11)14)9-15-6-2-1-3-7-15;/h1-2,4-5,8H,3,6-7,9H2;1H. The van der Waals surface area contributed by atoms with Crippen LogP contribution in [0.5, 0.6) is 0 Å². The Hall–Kier alpha value is -0.210. The van der Waals surface area contributed by atoms with Crippen molar-refractivity contribution in [3.8, 4) is 0 Å². The van der Waals surface area contributed by atoms with Gasteiger partial charge in [-0.15, -0.1) is 12.4 Å². The lowest BCUT2D eigenvalue weighted by Gasteiger charge is -2.23. The Bertz CT molecular complexity index is 377. The van der Waals surface area contributed by atoms with Gasteiger partial charge in [-0.25, -0.2) is 0 Å². The largest absolute Gasteiger partial charge is 0.295 e. The number of benzene rings is 1. The molecule has 1 nitrogen and oxygen atoms in total. The van der Waals surface area contributed by atoms with Gasteiger partial charge in [0.15, 0.2) is 0 Å². The Morgan fingerprint density at radius 3 is 2.56 bits per heavy atom. The summed E-state index contributed by atoms with van der Waals surface area (Å²) in [7, 11) is 0. The molecule has 2 rings (SSSR count). The highest BCUT2D eigenvalue weighted by molar-refractivity contribution is 6.42. The molecule has 0 atom stereocenters. The minimum absolute atomic E-state index is 0. The van der Waals surface area contributed by atoms with Gasteiger partial charge in [0.2, 0.25) is 0 Å². The zero-order valence-corrected chi connectivity index (χ0v) is 11.2. The van der Waals surface area contributed by atoms with E-state index in [1.807, 2.05) is 18.2 Å². The summed E-state index contributed by atoms with van der Waals surface area (Å²) in [4.78, 5) is 2.39. The van der Waals surface area contributed by atoms with Crippen LogP contribution in [0.15, 0.2) is 30.4 Å². The maximum absolute atomic E-state index is 5.97. The fourth-order valence-corrected chi connectivity index (χ4v) is 2.05. The van der Waals surface area contributed by atoms with Gasteiger partial charge < -0.3 is 0 Å². The van der Waals surface area contributed by atoms with Crippen LogP contribution in [0.2, 0.25) is 10.0 Å². The molecule has 0 radical (unpaired) electrons. The molecule has 0 spiro atoms. The van der Waals surface area contributed by atoms with Crippen molar-refractivity contribution in [3.05, 3.63) is 46.0 Å². The van der Waals surface area contributed by atoms with Crippen LogP contribution in [0.3, 0.4) is 0 Å². The Balaban J connectivity index is 0.00000128. The lowest BCUT2D eigenvalue weighted by molar-refractivity contribution is 0.291. The average molecular weight is 279 g/mol. The number of rotatable bonds is 2. The molecule has 16 heavy (non-hydrogen) atoms. The van der Waals surface area contributed by atoms with E-state index in [0.717, 1.165) is 26.1 Å². The fourth-order valence-electron chi connectivity index (χ4n) is 1.73. The second-order valence-corrected chi connectivity index (χ2v) is 4.56. The van der Waals surface area contributed by atoms with Crippen LogP contribution in [0, 0.1) is 0 Å². The van der Waals surface area contributed by atoms with Gasteiger partial charge >= 0.3 is 0 Å². The van der Waals surface area contributed by atoms with E-state index in [-0.39, 0.29) is 12.4 Å². The molecule has 0 bridgehead atoms. The molecule has 0 aliphatic carbocycles. The number of hydrogen-bond donors (Lipinski definition) is 0. The molecular formula is C12H14Cl3N. The second-order valence-electron chi connectivity index (χ2n) is 3.74. The lowest BCUT2D eigenvalue weighted by atomic mass is 10.2. The van der Waals surface area contributed by atoms with Gasteiger partial charge in [0.1, 0.15) is 0 Å². The molecule has 1 aromatic carbocycles. The summed E-state index contributed by atoms with van der Waals surface area (Å²) in [5.41, 5.74) is 1.22. The second kappa shape index (κ2) is 6.51. The summed E-state index contributed by atoms with van der Waals surface area (Å²) in [5.74, 6) is 0. The molecule has 0 amide bonds. The van der Waals surface area contributed by atoms with Crippen molar-refractivity contribution in [2.75, 3.05) is 13.1 Å². The van der Waals surface area contributed by atoms with Gasteiger partial charge in [-0.1, -0.05) is 41.4 Å². The van der Waals surface area contributed by atoms with Gasteiger partial charge in [-0.2, -0.15) is 0 Å². The zero-order valence-electron chi connectivity index (χ0n) is 8.83. The van der Waals surface area contributed by atoms with Crippen LogP contribution in [-0.4, -0.2) is 18.0 Å². The molecule has 0 saturated carbocycles. The first-order valence-corrected chi connectivity index (χ1v) is 5.82. The third-order valence-corrected chi connectivity index (χ3v) is 3.27. The van der Waals surface area contributed by atoms with E-state index in [0.29, 0.717) is 10.0 Å². The molecule has 88 valence electrons. The van der Waals surface area contributed by atoms with E-state index in [1.54, 1.807) is 0 Å². The van der Waals surface area contributed by atoms with Crippen molar-refractivity contribution < 1.29 is 0 Å². The molecule has 0 fully saturated rings. The van der Waals surface area contributed by atoms with Gasteiger partial charge in [-0.05, 0) is 24.1 Å². The minimum Gasteiger partial charge on any atom is -0.295 e. The summed E-state index contributed by atoms with van der Waals surface area (Å²) in [6.45, 7) is 3.10. The number of halogens is 3. The molecule has 0 N–H and O–H groups in total. The smallest absolute Gasteiger partial charge is 0.0595 e. The molecule has 0 saturated heterocycles. The first-order chi connectivity index (χ1) is 7.25. The monoisotopic (exact) mass is 277 g/mol. The third-order valence-electron chi connectivity index (χ3n) is 2.53.